The van der Waals surface area contributed by atoms with E-state index in [1.165, 1.54) is 11.3 Å². The summed E-state index contributed by atoms with van der Waals surface area (Å²) in [6, 6.07) is 2.10. The number of halogens is 3. The number of aromatic nitrogens is 5. The molecule has 0 saturated heterocycles. The fourth-order valence-electron chi connectivity index (χ4n) is 3.52. The molecule has 1 aliphatic heterocycles. The second-order valence-corrected chi connectivity index (χ2v) is 8.68. The van der Waals surface area contributed by atoms with Crippen molar-refractivity contribution in [1.29, 1.82) is 0 Å². The van der Waals surface area contributed by atoms with Gasteiger partial charge in [0.2, 0.25) is 5.82 Å². The lowest BCUT2D eigenvalue weighted by atomic mass is 10.2. The van der Waals surface area contributed by atoms with Crippen molar-refractivity contribution in [3.05, 3.63) is 22.6 Å². The van der Waals surface area contributed by atoms with Crippen LogP contribution in [0.5, 0.6) is 6.01 Å². The largest absolute Gasteiger partial charge is 0.463 e. The molecule has 32 heavy (non-hydrogen) atoms. The number of fused-ring (bicyclic) bond motifs is 2. The second-order valence-electron chi connectivity index (χ2n) is 7.56. The summed E-state index contributed by atoms with van der Waals surface area (Å²) in [6.07, 6.45) is -2.73. The summed E-state index contributed by atoms with van der Waals surface area (Å²) >= 11 is 1.51. The van der Waals surface area contributed by atoms with Gasteiger partial charge in [0, 0.05) is 23.9 Å². The van der Waals surface area contributed by atoms with Crippen molar-refractivity contribution in [2.24, 2.45) is 5.92 Å². The standard InChI is InChI=1S/C19H23F3N6O3S/c1-2-3-12-6-13-15(23-18(24-16(13)32-12)31-10-11(8-29)9-30)27-4-5-28-14(7-27)25-26-17(28)19(20,21)22/h6,11,29-30H,2-5,7-10H2,1H3. The minimum Gasteiger partial charge on any atom is -0.463 e. The minimum absolute atomic E-state index is 0.0361. The van der Waals surface area contributed by atoms with E-state index in [4.69, 9.17) is 4.74 Å². The molecular weight excluding hydrogens is 449 g/mol. The average molecular weight is 472 g/mol. The summed E-state index contributed by atoms with van der Waals surface area (Å²) in [5.74, 6) is -0.701. The molecule has 1 aliphatic rings. The Hall–Kier alpha value is -2.51. The van der Waals surface area contributed by atoms with Gasteiger partial charge in [-0.1, -0.05) is 13.3 Å². The zero-order valence-corrected chi connectivity index (χ0v) is 18.2. The van der Waals surface area contributed by atoms with Gasteiger partial charge in [-0.2, -0.15) is 23.1 Å². The number of nitrogens with zero attached hydrogens (tertiary/aromatic N) is 6. The van der Waals surface area contributed by atoms with Crippen LogP contribution in [0.4, 0.5) is 19.0 Å². The average Bonchev–Trinajstić information content (AvgIpc) is 3.37. The van der Waals surface area contributed by atoms with Gasteiger partial charge >= 0.3 is 12.2 Å². The van der Waals surface area contributed by atoms with E-state index >= 15 is 0 Å². The quantitative estimate of drug-likeness (QED) is 0.514. The van der Waals surface area contributed by atoms with Crippen molar-refractivity contribution in [2.45, 2.75) is 39.0 Å². The molecule has 3 aromatic heterocycles. The zero-order chi connectivity index (χ0) is 22.9. The summed E-state index contributed by atoms with van der Waals surface area (Å²) in [7, 11) is 0. The third kappa shape index (κ3) is 4.50. The van der Waals surface area contributed by atoms with Gasteiger partial charge in [0.25, 0.3) is 0 Å². The Kier molecular flexibility index (Phi) is 6.49. The summed E-state index contributed by atoms with van der Waals surface area (Å²) in [5.41, 5.74) is 0. The van der Waals surface area contributed by atoms with E-state index in [1.54, 1.807) is 0 Å². The van der Waals surface area contributed by atoms with Gasteiger partial charge in [0.15, 0.2) is 5.82 Å². The molecule has 0 atom stereocenters. The number of alkyl halides is 3. The minimum atomic E-state index is -4.56. The summed E-state index contributed by atoms with van der Waals surface area (Å²) in [5, 5.41) is 26.4. The molecule has 2 N–H and O–H groups in total. The molecule has 0 unspecified atom stereocenters. The predicted molar refractivity (Wildman–Crippen MR) is 111 cm³/mol. The number of aliphatic hydroxyl groups excluding tert-OH is 2. The molecule has 3 aromatic rings. The number of anilines is 1. The lowest BCUT2D eigenvalue weighted by molar-refractivity contribution is -0.147. The summed E-state index contributed by atoms with van der Waals surface area (Å²) in [6.45, 7) is 2.10. The van der Waals surface area contributed by atoms with E-state index in [9.17, 15) is 23.4 Å². The van der Waals surface area contributed by atoms with Gasteiger partial charge in [0.1, 0.15) is 10.6 Å². The van der Waals surface area contributed by atoms with Crippen molar-refractivity contribution < 1.29 is 28.1 Å². The lowest BCUT2D eigenvalue weighted by Crippen LogP contribution is -2.36. The van der Waals surface area contributed by atoms with E-state index < -0.39 is 17.9 Å². The molecular formula is C19H23F3N6O3S. The smallest absolute Gasteiger partial charge is 0.451 e. The molecule has 0 radical (unpaired) electrons. The van der Waals surface area contributed by atoms with Crippen LogP contribution >= 0.6 is 11.3 Å². The zero-order valence-electron chi connectivity index (χ0n) is 17.3. The molecule has 174 valence electrons. The first-order valence-corrected chi connectivity index (χ1v) is 11.0. The number of aryl methyl sites for hydroxylation is 1. The van der Waals surface area contributed by atoms with E-state index in [2.05, 4.69) is 27.1 Å². The Morgan fingerprint density at radius 1 is 1.19 bits per heavy atom. The molecule has 4 heterocycles. The number of ether oxygens (including phenoxy) is 1. The topological polar surface area (TPSA) is 109 Å². The van der Waals surface area contributed by atoms with Crippen molar-refractivity contribution in [3.8, 4) is 6.01 Å². The maximum Gasteiger partial charge on any atom is 0.451 e. The van der Waals surface area contributed by atoms with Gasteiger partial charge in [-0.25, -0.2) is 0 Å². The van der Waals surface area contributed by atoms with Crippen LogP contribution in [0.1, 0.15) is 29.9 Å². The first kappa shape index (κ1) is 22.7. The van der Waals surface area contributed by atoms with Crippen LogP contribution in [0.25, 0.3) is 10.2 Å². The maximum absolute atomic E-state index is 13.2. The van der Waals surface area contributed by atoms with Crippen molar-refractivity contribution in [3.63, 3.8) is 0 Å². The number of aliphatic hydroxyl groups is 2. The van der Waals surface area contributed by atoms with Crippen LogP contribution in [0.3, 0.4) is 0 Å². The van der Waals surface area contributed by atoms with Gasteiger partial charge in [0.05, 0.1) is 31.8 Å². The highest BCUT2D eigenvalue weighted by Crippen LogP contribution is 2.36. The van der Waals surface area contributed by atoms with E-state index in [0.717, 1.165) is 27.7 Å². The Balaban J connectivity index is 1.68. The molecule has 0 spiro atoms. The molecule has 0 aromatic carbocycles. The first-order valence-electron chi connectivity index (χ1n) is 10.2. The number of rotatable bonds is 8. The molecule has 4 rings (SSSR count). The molecule has 0 amide bonds. The monoisotopic (exact) mass is 472 g/mol. The van der Waals surface area contributed by atoms with Gasteiger partial charge in [-0.3, -0.25) is 0 Å². The number of thiophene rings is 1. The SMILES string of the molecule is CCCc1cc2c(N3CCn4c(nnc4C(F)(F)F)C3)nc(OCC(CO)CO)nc2s1. The second kappa shape index (κ2) is 9.16. The molecule has 0 fully saturated rings. The molecule has 0 saturated carbocycles. The van der Waals surface area contributed by atoms with Crippen LogP contribution in [-0.2, 0) is 25.7 Å². The highest BCUT2D eigenvalue weighted by Gasteiger charge is 2.39. The van der Waals surface area contributed by atoms with E-state index in [-0.39, 0.29) is 51.3 Å². The third-order valence-electron chi connectivity index (χ3n) is 5.17. The maximum atomic E-state index is 13.2. The van der Waals surface area contributed by atoms with Crippen LogP contribution in [0.2, 0.25) is 0 Å². The Morgan fingerprint density at radius 2 is 1.97 bits per heavy atom. The molecule has 0 bridgehead atoms. The van der Waals surface area contributed by atoms with Crippen LogP contribution < -0.4 is 9.64 Å². The number of hydrogen-bond acceptors (Lipinski definition) is 9. The van der Waals surface area contributed by atoms with Crippen LogP contribution in [-0.4, -0.2) is 61.3 Å². The van der Waals surface area contributed by atoms with Crippen LogP contribution in [0.15, 0.2) is 6.07 Å². The van der Waals surface area contributed by atoms with Crippen molar-refractivity contribution in [1.82, 2.24) is 24.7 Å². The Labute approximate surface area is 185 Å². The van der Waals surface area contributed by atoms with Gasteiger partial charge in [-0.05, 0) is 12.5 Å². The molecule has 0 aliphatic carbocycles. The normalized spacial score (nSPS) is 14.4. The van der Waals surface area contributed by atoms with Gasteiger partial charge in [-0.15, -0.1) is 21.5 Å². The number of hydrogen-bond donors (Lipinski definition) is 2. The van der Waals surface area contributed by atoms with Crippen LogP contribution in [0, 0.1) is 5.92 Å². The third-order valence-corrected chi connectivity index (χ3v) is 6.26. The molecule has 13 heteroatoms. The first-order chi connectivity index (χ1) is 15.3. The molecule has 9 nitrogen and oxygen atoms in total. The highest BCUT2D eigenvalue weighted by molar-refractivity contribution is 7.18. The highest BCUT2D eigenvalue weighted by atomic mass is 32.1. The van der Waals surface area contributed by atoms with E-state index in [1.807, 2.05) is 11.0 Å². The predicted octanol–water partition coefficient (Wildman–Crippen LogP) is 2.25. The van der Waals surface area contributed by atoms with Gasteiger partial charge < -0.3 is 24.4 Å². The lowest BCUT2D eigenvalue weighted by Gasteiger charge is -2.29. The fraction of sp³-hybridized carbons (Fsp3) is 0.579. The summed E-state index contributed by atoms with van der Waals surface area (Å²) < 4.78 is 46.2. The van der Waals surface area contributed by atoms with Crippen molar-refractivity contribution >= 4 is 27.4 Å². The Morgan fingerprint density at radius 3 is 2.66 bits per heavy atom. The fourth-order valence-corrected chi connectivity index (χ4v) is 4.63. The van der Waals surface area contributed by atoms with E-state index in [0.29, 0.717) is 10.6 Å². The van der Waals surface area contributed by atoms with Crippen molar-refractivity contribution in [2.75, 3.05) is 31.3 Å². The summed E-state index contributed by atoms with van der Waals surface area (Å²) in [4.78, 5) is 12.7. The Bertz CT molecular complexity index is 1080.